The Labute approximate surface area is 184 Å². The van der Waals surface area contributed by atoms with Crippen molar-refractivity contribution in [1.29, 1.82) is 0 Å². The van der Waals surface area contributed by atoms with E-state index in [1.807, 2.05) is 57.2 Å². The Hall–Kier alpha value is -2.73. The van der Waals surface area contributed by atoms with E-state index in [1.165, 1.54) is 9.80 Å². The first-order valence-electron chi connectivity index (χ1n) is 10.2. The van der Waals surface area contributed by atoms with Crippen LogP contribution in [0.4, 0.5) is 5.69 Å². The number of thiocarbonyl (C=S) groups is 1. The zero-order valence-corrected chi connectivity index (χ0v) is 19.3. The number of benzene rings is 1. The van der Waals surface area contributed by atoms with Crippen LogP contribution in [-0.4, -0.2) is 32.9 Å². The van der Waals surface area contributed by atoms with Crippen LogP contribution >= 0.6 is 12.2 Å². The Morgan fingerprint density at radius 3 is 2.20 bits per heavy atom. The average Bonchev–Trinajstić information content (AvgIpc) is 2.96. The van der Waals surface area contributed by atoms with Crippen LogP contribution in [0, 0.1) is 13.8 Å². The first kappa shape index (κ1) is 22.0. The summed E-state index contributed by atoms with van der Waals surface area (Å²) in [4.78, 5) is 29.6. The third-order valence-electron chi connectivity index (χ3n) is 5.23. The summed E-state index contributed by atoms with van der Waals surface area (Å²) in [5, 5.41) is 0.232. The smallest absolute Gasteiger partial charge is 0.270 e. The number of anilines is 1. The second-order valence-corrected chi connectivity index (χ2v) is 8.97. The van der Waals surface area contributed by atoms with Crippen molar-refractivity contribution in [3.05, 3.63) is 58.9 Å². The number of aryl methyl sites for hydroxylation is 1. The summed E-state index contributed by atoms with van der Waals surface area (Å²) in [5.41, 5.74) is 3.67. The maximum Gasteiger partial charge on any atom is 0.270 e. The Morgan fingerprint density at radius 2 is 1.67 bits per heavy atom. The molecule has 2 amide bonds. The maximum atomic E-state index is 13.4. The molecular weight excluding hydrogens is 394 g/mol. The van der Waals surface area contributed by atoms with E-state index in [4.69, 9.17) is 12.2 Å². The molecule has 1 aromatic heterocycles. The summed E-state index contributed by atoms with van der Waals surface area (Å²) in [6.45, 7) is 12.9. The monoisotopic (exact) mass is 423 g/mol. The van der Waals surface area contributed by atoms with Gasteiger partial charge in [0.15, 0.2) is 5.11 Å². The highest BCUT2D eigenvalue weighted by molar-refractivity contribution is 7.80. The van der Waals surface area contributed by atoms with Crippen molar-refractivity contribution in [3.63, 3.8) is 0 Å². The summed E-state index contributed by atoms with van der Waals surface area (Å²) < 4.78 is 2.22. The average molecular weight is 424 g/mol. The summed E-state index contributed by atoms with van der Waals surface area (Å²) in [5.74, 6) is -0.719. The lowest BCUT2D eigenvalue weighted by Crippen LogP contribution is -2.56. The zero-order valence-electron chi connectivity index (χ0n) is 18.5. The molecule has 1 fully saturated rings. The highest BCUT2D eigenvalue weighted by Crippen LogP contribution is 2.29. The largest absolute Gasteiger partial charge is 0.343 e. The molecule has 0 unspecified atom stereocenters. The van der Waals surface area contributed by atoms with Gasteiger partial charge < -0.3 is 4.57 Å². The number of carbonyl (C=O) groups is 2. The Kier molecular flexibility index (Phi) is 5.99. The van der Waals surface area contributed by atoms with E-state index in [-0.39, 0.29) is 28.0 Å². The van der Waals surface area contributed by atoms with Gasteiger partial charge in [-0.05, 0) is 83.1 Å². The van der Waals surface area contributed by atoms with Crippen LogP contribution in [0.1, 0.15) is 51.1 Å². The van der Waals surface area contributed by atoms with Crippen LogP contribution in [0.25, 0.3) is 6.08 Å². The van der Waals surface area contributed by atoms with Gasteiger partial charge >= 0.3 is 0 Å². The molecule has 0 aliphatic carbocycles. The Bertz CT molecular complexity index is 1030. The van der Waals surface area contributed by atoms with E-state index in [0.29, 0.717) is 12.2 Å². The second kappa shape index (κ2) is 8.19. The molecule has 0 atom stereocenters. The molecule has 6 heteroatoms. The van der Waals surface area contributed by atoms with Crippen LogP contribution in [0.3, 0.4) is 0 Å². The minimum atomic E-state index is -0.385. The van der Waals surface area contributed by atoms with Gasteiger partial charge in [0.1, 0.15) is 5.57 Å². The van der Waals surface area contributed by atoms with E-state index in [9.17, 15) is 9.59 Å². The van der Waals surface area contributed by atoms with E-state index in [1.54, 1.807) is 6.08 Å². The molecule has 2 heterocycles. The number of hydrogen-bond acceptors (Lipinski definition) is 3. The van der Waals surface area contributed by atoms with Gasteiger partial charge in [-0.3, -0.25) is 19.4 Å². The molecule has 3 rings (SSSR count). The SMILES string of the molecule is CCCN1C(=O)/C(=C\c2cc(C)n(C(C)(C)C)c2C)C(=O)N(c2ccccc2)C1=S. The standard InChI is InChI=1S/C24H29N3O2S/c1-7-13-25-21(28)20(15-18-14-16(2)27(17(18)3)24(4,5)6)22(29)26(23(25)30)19-11-9-8-10-12-19/h8-12,14-15H,7,13H2,1-6H3/b20-15+. The number of carbonyl (C=O) groups excluding carboxylic acids is 2. The van der Waals surface area contributed by atoms with Gasteiger partial charge in [0.25, 0.3) is 11.8 Å². The topological polar surface area (TPSA) is 45.6 Å². The van der Waals surface area contributed by atoms with Gasteiger partial charge in [-0.1, -0.05) is 25.1 Å². The number of amides is 2. The maximum absolute atomic E-state index is 13.4. The quantitative estimate of drug-likeness (QED) is 0.403. The Balaban J connectivity index is 2.14. The fourth-order valence-corrected chi connectivity index (χ4v) is 4.48. The lowest BCUT2D eigenvalue weighted by Gasteiger charge is -2.36. The van der Waals surface area contributed by atoms with E-state index >= 15 is 0 Å². The van der Waals surface area contributed by atoms with Gasteiger partial charge in [-0.2, -0.15) is 0 Å². The predicted octanol–water partition coefficient (Wildman–Crippen LogP) is 4.81. The molecule has 1 aromatic carbocycles. The summed E-state index contributed by atoms with van der Waals surface area (Å²) in [7, 11) is 0. The molecular formula is C24H29N3O2S. The number of rotatable bonds is 4. The van der Waals surface area contributed by atoms with Crippen molar-refractivity contribution in [2.24, 2.45) is 0 Å². The molecule has 0 N–H and O–H groups in total. The third kappa shape index (κ3) is 3.84. The number of hydrogen-bond donors (Lipinski definition) is 0. The normalized spacial score (nSPS) is 16.7. The van der Waals surface area contributed by atoms with Crippen molar-refractivity contribution in [2.45, 2.75) is 53.5 Å². The van der Waals surface area contributed by atoms with E-state index in [2.05, 4.69) is 25.3 Å². The highest BCUT2D eigenvalue weighted by Gasteiger charge is 2.40. The van der Waals surface area contributed by atoms with Gasteiger partial charge in [0, 0.05) is 23.5 Å². The second-order valence-electron chi connectivity index (χ2n) is 8.61. The van der Waals surface area contributed by atoms with Crippen LogP contribution in [0.5, 0.6) is 0 Å². The minimum Gasteiger partial charge on any atom is -0.343 e. The molecule has 2 aromatic rings. The number of para-hydroxylation sites is 1. The number of aromatic nitrogens is 1. The molecule has 5 nitrogen and oxygen atoms in total. The first-order valence-corrected chi connectivity index (χ1v) is 10.6. The molecule has 1 aliphatic heterocycles. The number of nitrogens with zero attached hydrogens (tertiary/aromatic N) is 3. The molecule has 0 bridgehead atoms. The predicted molar refractivity (Wildman–Crippen MR) is 125 cm³/mol. The van der Waals surface area contributed by atoms with Crippen molar-refractivity contribution in [1.82, 2.24) is 9.47 Å². The van der Waals surface area contributed by atoms with Gasteiger partial charge in [0.2, 0.25) is 0 Å². The van der Waals surface area contributed by atoms with Crippen LogP contribution in [0.2, 0.25) is 0 Å². The van der Waals surface area contributed by atoms with Crippen molar-refractivity contribution < 1.29 is 9.59 Å². The minimum absolute atomic E-state index is 0.0998. The summed E-state index contributed by atoms with van der Waals surface area (Å²) >= 11 is 5.55. The molecule has 0 spiro atoms. The highest BCUT2D eigenvalue weighted by atomic mass is 32.1. The van der Waals surface area contributed by atoms with Crippen molar-refractivity contribution in [3.8, 4) is 0 Å². The van der Waals surface area contributed by atoms with E-state index < -0.39 is 0 Å². The molecule has 0 saturated carbocycles. The summed E-state index contributed by atoms with van der Waals surface area (Å²) in [6, 6.07) is 11.3. The zero-order chi connectivity index (χ0) is 22.2. The fourth-order valence-electron chi connectivity index (χ4n) is 4.12. The van der Waals surface area contributed by atoms with Crippen LogP contribution in [-0.2, 0) is 15.1 Å². The molecule has 1 saturated heterocycles. The molecule has 1 aliphatic rings. The van der Waals surface area contributed by atoms with Crippen molar-refractivity contribution in [2.75, 3.05) is 11.4 Å². The Morgan fingerprint density at radius 1 is 1.03 bits per heavy atom. The van der Waals surface area contributed by atoms with E-state index in [0.717, 1.165) is 23.4 Å². The molecule has 0 radical (unpaired) electrons. The fraction of sp³-hybridized carbons (Fsp3) is 0.375. The molecule has 30 heavy (non-hydrogen) atoms. The van der Waals surface area contributed by atoms with Gasteiger partial charge in [-0.25, -0.2) is 0 Å². The first-order chi connectivity index (χ1) is 14.1. The lowest BCUT2D eigenvalue weighted by atomic mass is 10.0. The summed E-state index contributed by atoms with van der Waals surface area (Å²) in [6.07, 6.45) is 2.46. The van der Waals surface area contributed by atoms with Gasteiger partial charge in [0.05, 0.1) is 5.69 Å². The van der Waals surface area contributed by atoms with Gasteiger partial charge in [-0.15, -0.1) is 0 Å². The van der Waals surface area contributed by atoms with Crippen LogP contribution in [0.15, 0.2) is 42.0 Å². The third-order valence-corrected chi connectivity index (χ3v) is 5.64. The van der Waals surface area contributed by atoms with Crippen molar-refractivity contribution >= 4 is 40.9 Å². The molecule has 158 valence electrons. The van der Waals surface area contributed by atoms with Crippen LogP contribution < -0.4 is 4.90 Å². The lowest BCUT2D eigenvalue weighted by molar-refractivity contribution is -0.127.